The van der Waals surface area contributed by atoms with E-state index < -0.39 is 5.41 Å². The first-order valence-electron chi connectivity index (χ1n) is 7.37. The Morgan fingerprint density at radius 2 is 2.05 bits per heavy atom. The fourth-order valence-corrected chi connectivity index (χ4v) is 3.16. The summed E-state index contributed by atoms with van der Waals surface area (Å²) in [5, 5.41) is 5.22. The Balaban J connectivity index is 2.09. The van der Waals surface area contributed by atoms with Gasteiger partial charge in [-0.05, 0) is 17.9 Å². The number of carbonyl (C=O) groups is 3. The lowest BCUT2D eigenvalue weighted by molar-refractivity contribution is -0.137. The topological polar surface area (TPSA) is 66.5 Å². The number of likely N-dealkylation sites (tertiary alicyclic amines) is 1. The Hall–Kier alpha value is -1.69. The molecule has 1 aromatic heterocycles. The van der Waals surface area contributed by atoms with E-state index in [1.807, 2.05) is 20.8 Å². The molecular formula is C16H22N2O3S. The minimum atomic E-state index is -0.496. The number of Topliss-reactive ketones (excluding diaryl/α,β-unsaturated/α-hetero) is 1. The lowest BCUT2D eigenvalue weighted by Gasteiger charge is -2.28. The molecule has 1 aromatic rings. The Labute approximate surface area is 134 Å². The molecule has 2 amide bonds. The van der Waals surface area contributed by atoms with Gasteiger partial charge in [-0.15, -0.1) is 11.3 Å². The monoisotopic (exact) mass is 322 g/mol. The van der Waals surface area contributed by atoms with Crippen LogP contribution in [0, 0.1) is 11.3 Å². The highest BCUT2D eigenvalue weighted by Gasteiger charge is 2.31. The van der Waals surface area contributed by atoms with Crippen molar-refractivity contribution in [1.29, 1.82) is 0 Å². The van der Waals surface area contributed by atoms with Crippen molar-refractivity contribution in [2.45, 2.75) is 33.6 Å². The summed E-state index contributed by atoms with van der Waals surface area (Å²) >= 11 is 1.34. The number of thiophene rings is 1. The Kier molecular flexibility index (Phi) is 4.70. The fourth-order valence-electron chi connectivity index (χ4n) is 2.37. The van der Waals surface area contributed by atoms with Gasteiger partial charge in [0, 0.05) is 31.3 Å². The van der Waals surface area contributed by atoms with E-state index in [9.17, 15) is 14.4 Å². The largest absolute Gasteiger partial charge is 0.346 e. The predicted octanol–water partition coefficient (Wildman–Crippen LogP) is 2.78. The Morgan fingerprint density at radius 1 is 1.36 bits per heavy atom. The third-order valence-corrected chi connectivity index (χ3v) is 4.69. The van der Waals surface area contributed by atoms with Gasteiger partial charge in [0.25, 0.3) is 0 Å². The minimum Gasteiger partial charge on any atom is -0.346 e. The standard InChI is InChI=1S/C16H22N2O3S/c1-16(2,3)13(20)11-6-8-22-15(11)17-14(21)10-5-7-18(4)12(19)9-10/h6,8,10H,5,7,9H2,1-4H3,(H,17,21)/t10-/m1/s1. The minimum absolute atomic E-state index is 0.00324. The van der Waals surface area contributed by atoms with Gasteiger partial charge in [-0.1, -0.05) is 20.8 Å². The van der Waals surface area contributed by atoms with E-state index in [2.05, 4.69) is 5.32 Å². The zero-order chi connectivity index (χ0) is 16.5. The summed E-state index contributed by atoms with van der Waals surface area (Å²) in [6.07, 6.45) is 0.887. The summed E-state index contributed by atoms with van der Waals surface area (Å²) in [5.41, 5.74) is 0.0504. The van der Waals surface area contributed by atoms with Crippen LogP contribution in [0.3, 0.4) is 0 Å². The van der Waals surface area contributed by atoms with Gasteiger partial charge in [0.05, 0.1) is 5.56 Å². The molecule has 1 fully saturated rings. The molecule has 1 aliphatic rings. The van der Waals surface area contributed by atoms with Crippen molar-refractivity contribution < 1.29 is 14.4 Å². The number of carbonyl (C=O) groups excluding carboxylic acids is 3. The lowest BCUT2D eigenvalue weighted by Crippen LogP contribution is -2.40. The van der Waals surface area contributed by atoms with Crippen LogP contribution < -0.4 is 5.32 Å². The van der Waals surface area contributed by atoms with Gasteiger partial charge in [0.2, 0.25) is 11.8 Å². The third kappa shape index (κ3) is 3.55. The summed E-state index contributed by atoms with van der Waals surface area (Å²) in [5.74, 6) is -0.498. The van der Waals surface area contributed by atoms with Crippen LogP contribution in [0.5, 0.6) is 0 Å². The average molecular weight is 322 g/mol. The van der Waals surface area contributed by atoms with Crippen LogP contribution >= 0.6 is 11.3 Å². The number of hydrogen-bond donors (Lipinski definition) is 1. The number of piperidine rings is 1. The SMILES string of the molecule is CN1CC[C@@H](C(=O)Nc2sccc2C(=O)C(C)(C)C)CC1=O. The van der Waals surface area contributed by atoms with Crippen LogP contribution in [-0.4, -0.2) is 36.1 Å². The number of ketones is 1. The van der Waals surface area contributed by atoms with Crippen molar-refractivity contribution in [1.82, 2.24) is 4.90 Å². The molecule has 1 atom stereocenters. The average Bonchev–Trinajstić information content (AvgIpc) is 2.87. The highest BCUT2D eigenvalue weighted by atomic mass is 32.1. The number of nitrogens with one attached hydrogen (secondary N) is 1. The smallest absolute Gasteiger partial charge is 0.228 e. The summed E-state index contributed by atoms with van der Waals surface area (Å²) in [6.45, 7) is 6.16. The maximum absolute atomic E-state index is 12.4. The van der Waals surface area contributed by atoms with Gasteiger partial charge >= 0.3 is 0 Å². The van der Waals surface area contributed by atoms with Crippen molar-refractivity contribution in [3.8, 4) is 0 Å². The quantitative estimate of drug-likeness (QED) is 0.870. The zero-order valence-electron chi connectivity index (χ0n) is 13.4. The third-order valence-electron chi connectivity index (χ3n) is 3.86. The molecule has 1 aliphatic heterocycles. The molecule has 120 valence electrons. The first-order chi connectivity index (χ1) is 10.2. The highest BCUT2D eigenvalue weighted by Crippen LogP contribution is 2.31. The van der Waals surface area contributed by atoms with Crippen molar-refractivity contribution in [3.05, 3.63) is 17.0 Å². The second-order valence-electron chi connectivity index (χ2n) is 6.74. The molecule has 2 rings (SSSR count). The van der Waals surface area contributed by atoms with Gasteiger partial charge in [0.15, 0.2) is 5.78 Å². The maximum Gasteiger partial charge on any atom is 0.228 e. The number of anilines is 1. The number of rotatable bonds is 3. The maximum atomic E-state index is 12.4. The summed E-state index contributed by atoms with van der Waals surface area (Å²) in [6, 6.07) is 1.74. The molecule has 0 spiro atoms. The van der Waals surface area contributed by atoms with E-state index in [0.29, 0.717) is 23.5 Å². The predicted molar refractivity (Wildman–Crippen MR) is 87.1 cm³/mol. The molecular weight excluding hydrogens is 300 g/mol. The summed E-state index contributed by atoms with van der Waals surface area (Å²) in [7, 11) is 1.75. The first kappa shape index (κ1) is 16.7. The van der Waals surface area contributed by atoms with E-state index in [-0.39, 0.29) is 29.9 Å². The molecule has 2 heterocycles. The number of hydrogen-bond acceptors (Lipinski definition) is 4. The molecule has 22 heavy (non-hydrogen) atoms. The molecule has 0 bridgehead atoms. The molecule has 0 unspecified atom stereocenters. The van der Waals surface area contributed by atoms with Gasteiger partial charge in [-0.3, -0.25) is 14.4 Å². The second-order valence-corrected chi connectivity index (χ2v) is 7.65. The van der Waals surface area contributed by atoms with Crippen LogP contribution in [0.2, 0.25) is 0 Å². The van der Waals surface area contributed by atoms with Crippen LogP contribution in [0.15, 0.2) is 11.4 Å². The van der Waals surface area contributed by atoms with E-state index in [4.69, 9.17) is 0 Å². The summed E-state index contributed by atoms with van der Waals surface area (Å²) < 4.78 is 0. The van der Waals surface area contributed by atoms with Gasteiger partial charge in [0.1, 0.15) is 5.00 Å². The van der Waals surface area contributed by atoms with Crippen molar-refractivity contribution in [3.63, 3.8) is 0 Å². The first-order valence-corrected chi connectivity index (χ1v) is 8.25. The highest BCUT2D eigenvalue weighted by molar-refractivity contribution is 7.14. The summed E-state index contributed by atoms with van der Waals surface area (Å²) in [4.78, 5) is 38.1. The molecule has 5 nitrogen and oxygen atoms in total. The zero-order valence-corrected chi connectivity index (χ0v) is 14.3. The van der Waals surface area contributed by atoms with Crippen molar-refractivity contribution in [2.24, 2.45) is 11.3 Å². The second kappa shape index (κ2) is 6.20. The number of nitrogens with zero attached hydrogens (tertiary/aromatic N) is 1. The van der Waals surface area contributed by atoms with E-state index in [1.54, 1.807) is 23.4 Å². The Morgan fingerprint density at radius 3 is 2.64 bits per heavy atom. The van der Waals surface area contributed by atoms with E-state index >= 15 is 0 Å². The van der Waals surface area contributed by atoms with Crippen LogP contribution in [-0.2, 0) is 9.59 Å². The fraction of sp³-hybridized carbons (Fsp3) is 0.562. The van der Waals surface area contributed by atoms with Crippen LogP contribution in [0.4, 0.5) is 5.00 Å². The molecule has 6 heteroatoms. The molecule has 1 saturated heterocycles. The van der Waals surface area contributed by atoms with Crippen LogP contribution in [0.1, 0.15) is 44.0 Å². The van der Waals surface area contributed by atoms with Gasteiger partial charge in [-0.25, -0.2) is 0 Å². The molecule has 0 aliphatic carbocycles. The van der Waals surface area contributed by atoms with Crippen molar-refractivity contribution >= 4 is 33.9 Å². The van der Waals surface area contributed by atoms with Gasteiger partial charge in [-0.2, -0.15) is 0 Å². The van der Waals surface area contributed by atoms with E-state index in [0.717, 1.165) is 0 Å². The molecule has 0 radical (unpaired) electrons. The Bertz CT molecular complexity index is 601. The molecule has 0 aromatic carbocycles. The van der Waals surface area contributed by atoms with Crippen molar-refractivity contribution in [2.75, 3.05) is 18.9 Å². The van der Waals surface area contributed by atoms with Crippen LogP contribution in [0.25, 0.3) is 0 Å². The molecule has 1 N–H and O–H groups in total. The lowest BCUT2D eigenvalue weighted by atomic mass is 9.87. The normalized spacial score (nSPS) is 19.2. The van der Waals surface area contributed by atoms with Gasteiger partial charge < -0.3 is 10.2 Å². The number of amides is 2. The molecule has 0 saturated carbocycles. The van der Waals surface area contributed by atoms with E-state index in [1.165, 1.54) is 11.3 Å².